The largest absolute Gasteiger partial charge is 0.494 e. The number of rotatable bonds is 14. The summed E-state index contributed by atoms with van der Waals surface area (Å²) in [7, 11) is 0. The zero-order valence-corrected chi connectivity index (χ0v) is 27.0. The van der Waals surface area contributed by atoms with Crippen LogP contribution >= 0.6 is 0 Å². The molecule has 0 bridgehead atoms. The van der Waals surface area contributed by atoms with Crippen molar-refractivity contribution >= 4 is 23.3 Å². The number of nitro groups is 2. The highest BCUT2D eigenvalue weighted by Crippen LogP contribution is 2.46. The fraction of sp³-hybridized carbons (Fsp3) is 0.278. The van der Waals surface area contributed by atoms with Crippen molar-refractivity contribution in [3.05, 3.63) is 115 Å². The van der Waals surface area contributed by atoms with Gasteiger partial charge < -0.3 is 23.7 Å². The Morgan fingerprint density at radius 2 is 1.02 bits per heavy atom. The number of ether oxygens (including phenoxy) is 5. The van der Waals surface area contributed by atoms with Gasteiger partial charge in [0.25, 0.3) is 11.4 Å². The molecule has 4 aromatic carbocycles. The third kappa shape index (κ3) is 8.37. The first-order valence-electron chi connectivity index (χ1n) is 15.8. The Kier molecular flexibility index (Phi) is 11.2. The molecule has 5 rings (SSSR count). The van der Waals surface area contributed by atoms with Gasteiger partial charge in [-0.15, -0.1) is 0 Å². The monoisotopic (exact) mass is 670 g/mol. The Hall–Kier alpha value is -5.82. The van der Waals surface area contributed by atoms with Gasteiger partial charge in [0, 0.05) is 0 Å². The first-order valence-corrected chi connectivity index (χ1v) is 15.8. The van der Waals surface area contributed by atoms with Crippen molar-refractivity contribution in [1.29, 1.82) is 0 Å². The van der Waals surface area contributed by atoms with Gasteiger partial charge in [-0.05, 0) is 84.6 Å². The van der Waals surface area contributed by atoms with Gasteiger partial charge in [0.1, 0.15) is 23.0 Å². The number of esters is 2. The van der Waals surface area contributed by atoms with Crippen LogP contribution in [0.4, 0.5) is 11.4 Å². The Balaban J connectivity index is 1.42. The Morgan fingerprint density at radius 1 is 0.633 bits per heavy atom. The molecular weight excluding hydrogens is 636 g/mol. The first-order chi connectivity index (χ1) is 23.7. The molecule has 13 nitrogen and oxygen atoms in total. The Bertz CT molecular complexity index is 1720. The lowest BCUT2D eigenvalue weighted by molar-refractivity contribution is -0.386. The fourth-order valence-corrected chi connectivity index (χ4v) is 5.17. The van der Waals surface area contributed by atoms with Crippen LogP contribution in [0.3, 0.4) is 0 Å². The van der Waals surface area contributed by atoms with E-state index >= 15 is 0 Å². The van der Waals surface area contributed by atoms with Crippen LogP contribution in [-0.2, 0) is 18.0 Å². The Morgan fingerprint density at radius 3 is 1.37 bits per heavy atom. The van der Waals surface area contributed by atoms with E-state index in [1.165, 1.54) is 36.4 Å². The summed E-state index contributed by atoms with van der Waals surface area (Å²) in [5.74, 6) is -0.631. The van der Waals surface area contributed by atoms with E-state index in [-0.39, 0.29) is 58.1 Å². The van der Waals surface area contributed by atoms with E-state index in [9.17, 15) is 29.8 Å². The number of unbranched alkanes of at least 4 members (excludes halogenated alkanes) is 2. The van der Waals surface area contributed by atoms with Gasteiger partial charge in [-0.3, -0.25) is 20.2 Å². The van der Waals surface area contributed by atoms with Gasteiger partial charge in [-0.1, -0.05) is 26.7 Å². The van der Waals surface area contributed by atoms with Crippen molar-refractivity contribution in [2.45, 2.75) is 52.7 Å². The second-order valence-electron chi connectivity index (χ2n) is 11.2. The molecule has 0 spiro atoms. The lowest BCUT2D eigenvalue weighted by Gasteiger charge is -2.14. The van der Waals surface area contributed by atoms with E-state index in [2.05, 4.69) is 0 Å². The smallest absolute Gasteiger partial charge is 0.343 e. The SMILES string of the molecule is CCCCOc1ccc(C(=O)Oc2cc3c(c([N+](=O)[O-])c2)-c2c(cc(OC(=O)c4ccc(OCCCC)cc4)cc2[N+](=O)[O-])COC3)cc1. The van der Waals surface area contributed by atoms with Gasteiger partial charge in [0.05, 0.1) is 70.7 Å². The Labute approximate surface area is 281 Å². The maximum atomic E-state index is 12.9. The highest BCUT2D eigenvalue weighted by atomic mass is 16.6. The molecule has 0 N–H and O–H groups in total. The van der Waals surface area contributed by atoms with Crippen molar-refractivity contribution < 1.29 is 43.1 Å². The first kappa shape index (κ1) is 34.5. The predicted molar refractivity (Wildman–Crippen MR) is 177 cm³/mol. The third-order valence-electron chi connectivity index (χ3n) is 7.64. The summed E-state index contributed by atoms with van der Waals surface area (Å²) < 4.78 is 28.0. The van der Waals surface area contributed by atoms with Gasteiger partial charge >= 0.3 is 11.9 Å². The van der Waals surface area contributed by atoms with Crippen molar-refractivity contribution in [3.8, 4) is 34.1 Å². The van der Waals surface area contributed by atoms with Crippen LogP contribution in [-0.4, -0.2) is 35.0 Å². The van der Waals surface area contributed by atoms with E-state index in [0.29, 0.717) is 24.7 Å². The molecule has 0 unspecified atom stereocenters. The van der Waals surface area contributed by atoms with Crippen LogP contribution in [0.5, 0.6) is 23.0 Å². The maximum absolute atomic E-state index is 12.9. The van der Waals surface area contributed by atoms with E-state index in [0.717, 1.165) is 37.8 Å². The molecule has 1 aliphatic rings. The second-order valence-corrected chi connectivity index (χ2v) is 11.2. The van der Waals surface area contributed by atoms with Crippen LogP contribution in [0.2, 0.25) is 0 Å². The van der Waals surface area contributed by atoms with E-state index in [4.69, 9.17) is 23.7 Å². The van der Waals surface area contributed by atoms with E-state index in [1.807, 2.05) is 13.8 Å². The molecule has 0 atom stereocenters. The number of nitrogens with zero attached hydrogens (tertiary/aromatic N) is 2. The molecule has 0 aliphatic carbocycles. The quantitative estimate of drug-likeness (QED) is 0.0419. The highest BCUT2D eigenvalue weighted by molar-refractivity contribution is 5.93. The third-order valence-corrected chi connectivity index (χ3v) is 7.64. The molecule has 254 valence electrons. The van der Waals surface area contributed by atoms with E-state index in [1.54, 1.807) is 24.3 Å². The number of carbonyl (C=O) groups is 2. The molecule has 13 heteroatoms. The summed E-state index contributed by atoms with van der Waals surface area (Å²) in [5.41, 5.74) is -0.397. The zero-order chi connectivity index (χ0) is 34.9. The summed E-state index contributed by atoms with van der Waals surface area (Å²) in [6.45, 7) is 4.81. The summed E-state index contributed by atoms with van der Waals surface area (Å²) in [6, 6.07) is 17.4. The molecule has 49 heavy (non-hydrogen) atoms. The molecular formula is C36H34N2O11. The minimum absolute atomic E-state index is 0.0610. The predicted octanol–water partition coefficient (Wildman–Crippen LogP) is 8.00. The second kappa shape index (κ2) is 15.8. The maximum Gasteiger partial charge on any atom is 0.343 e. The molecule has 0 radical (unpaired) electrons. The van der Waals surface area contributed by atoms with Crippen LogP contribution in [0, 0.1) is 20.2 Å². The number of hydrogen-bond acceptors (Lipinski definition) is 11. The van der Waals surface area contributed by atoms with Gasteiger partial charge in [-0.25, -0.2) is 9.59 Å². The lowest BCUT2D eigenvalue weighted by atomic mass is 9.93. The van der Waals surface area contributed by atoms with Crippen molar-refractivity contribution in [1.82, 2.24) is 0 Å². The molecule has 1 heterocycles. The molecule has 0 fully saturated rings. The average molecular weight is 671 g/mol. The minimum Gasteiger partial charge on any atom is -0.494 e. The zero-order valence-electron chi connectivity index (χ0n) is 27.0. The van der Waals surface area contributed by atoms with Crippen LogP contribution in [0.15, 0.2) is 72.8 Å². The van der Waals surface area contributed by atoms with Crippen LogP contribution in [0.1, 0.15) is 71.4 Å². The fourth-order valence-electron chi connectivity index (χ4n) is 5.17. The number of carbonyl (C=O) groups excluding carboxylic acids is 2. The van der Waals surface area contributed by atoms with Gasteiger partial charge in [0.15, 0.2) is 0 Å². The summed E-state index contributed by atoms with van der Waals surface area (Å²) >= 11 is 0. The van der Waals surface area contributed by atoms with Crippen LogP contribution < -0.4 is 18.9 Å². The number of nitro benzene ring substituents is 2. The standard InChI is InChI=1S/C36H34N2O11/c1-3-5-15-46-27-11-7-23(8-12-27)35(39)48-29-17-25-21-45-22-26-18-30(20-32(38(43)44)34(26)33(25)31(19-29)37(41)42)49-36(40)24-9-13-28(14-10-24)47-16-6-4-2/h7-14,17-20H,3-6,15-16,21-22H2,1-2H3. The van der Waals surface area contributed by atoms with Crippen molar-refractivity contribution in [2.24, 2.45) is 0 Å². The topological polar surface area (TPSA) is 167 Å². The van der Waals surface area contributed by atoms with Gasteiger partial charge in [-0.2, -0.15) is 0 Å². The average Bonchev–Trinajstić information content (AvgIpc) is 3.27. The van der Waals surface area contributed by atoms with Crippen molar-refractivity contribution in [3.63, 3.8) is 0 Å². The molecule has 0 saturated carbocycles. The molecule has 0 amide bonds. The molecule has 0 saturated heterocycles. The highest BCUT2D eigenvalue weighted by Gasteiger charge is 2.33. The summed E-state index contributed by atoms with van der Waals surface area (Å²) in [4.78, 5) is 49.2. The molecule has 1 aliphatic heterocycles. The van der Waals surface area contributed by atoms with E-state index < -0.39 is 33.2 Å². The lowest BCUT2D eigenvalue weighted by Crippen LogP contribution is -2.10. The number of fused-ring (bicyclic) bond motifs is 3. The normalized spacial score (nSPS) is 11.8. The van der Waals surface area contributed by atoms with Crippen molar-refractivity contribution in [2.75, 3.05) is 13.2 Å². The van der Waals surface area contributed by atoms with Crippen LogP contribution in [0.25, 0.3) is 11.1 Å². The molecule has 0 aromatic heterocycles. The number of hydrogen-bond donors (Lipinski definition) is 0. The summed E-state index contributed by atoms with van der Waals surface area (Å²) in [6.07, 6.45) is 3.72. The minimum atomic E-state index is -0.764. The summed E-state index contributed by atoms with van der Waals surface area (Å²) in [5, 5.41) is 24.7. The number of benzene rings is 4. The van der Waals surface area contributed by atoms with Gasteiger partial charge in [0.2, 0.25) is 0 Å². The molecule has 4 aromatic rings.